The van der Waals surface area contributed by atoms with Gasteiger partial charge in [-0.1, -0.05) is 55.4 Å². The predicted octanol–water partition coefficient (Wildman–Crippen LogP) is 6.91. The molecule has 0 heterocycles. The summed E-state index contributed by atoms with van der Waals surface area (Å²) in [6.07, 6.45) is 2.14. The second kappa shape index (κ2) is 14.4. The molecule has 0 bridgehead atoms. The third-order valence-corrected chi connectivity index (χ3v) is 6.87. The first kappa shape index (κ1) is 28.3. The third kappa shape index (κ3) is 9.26. The van der Waals surface area contributed by atoms with Gasteiger partial charge in [0.05, 0.1) is 0 Å². The number of benzene rings is 3. The minimum Gasteiger partial charge on any atom is -0.456 e. The van der Waals surface area contributed by atoms with E-state index in [4.69, 9.17) is 16.3 Å². The van der Waals surface area contributed by atoms with Crippen LogP contribution in [-0.4, -0.2) is 24.4 Å². The first-order valence-corrected chi connectivity index (χ1v) is 13.5. The van der Waals surface area contributed by atoms with E-state index in [0.717, 1.165) is 39.4 Å². The minimum atomic E-state index is -0.508. The van der Waals surface area contributed by atoms with Gasteiger partial charge in [-0.05, 0) is 78.9 Å². The molecular formula is C29H31ClN2O4S. The van der Waals surface area contributed by atoms with Crippen molar-refractivity contribution in [1.82, 2.24) is 0 Å². The average Bonchev–Trinajstić information content (AvgIpc) is 2.90. The first-order chi connectivity index (χ1) is 17.9. The Morgan fingerprint density at radius 1 is 0.784 bits per heavy atom. The maximum absolute atomic E-state index is 12.3. The number of nitrogens with one attached hydrogen (secondary N) is 2. The van der Waals surface area contributed by atoms with E-state index in [1.165, 1.54) is 0 Å². The number of anilines is 2. The molecule has 0 aliphatic carbocycles. The van der Waals surface area contributed by atoms with Crippen LogP contribution in [0.5, 0.6) is 0 Å². The molecule has 0 aromatic heterocycles. The number of ether oxygens (including phenoxy) is 1. The summed E-state index contributed by atoms with van der Waals surface area (Å²) in [4.78, 5) is 38.7. The fourth-order valence-electron chi connectivity index (χ4n) is 3.66. The topological polar surface area (TPSA) is 84.5 Å². The number of hydrogen-bond acceptors (Lipinski definition) is 5. The molecule has 0 aliphatic heterocycles. The van der Waals surface area contributed by atoms with Crippen LogP contribution in [0.4, 0.5) is 11.4 Å². The summed E-state index contributed by atoms with van der Waals surface area (Å²) in [7, 11) is 0. The van der Waals surface area contributed by atoms with Gasteiger partial charge in [-0.15, -0.1) is 0 Å². The van der Waals surface area contributed by atoms with Crippen LogP contribution in [0.25, 0.3) is 0 Å². The molecule has 0 atom stereocenters. The number of para-hydroxylation sites is 1. The lowest BCUT2D eigenvalue weighted by molar-refractivity contribution is -0.147. The van der Waals surface area contributed by atoms with Crippen LogP contribution in [0, 0.1) is 0 Å². The molecule has 0 saturated carbocycles. The first-order valence-electron chi connectivity index (χ1n) is 12.3. The van der Waals surface area contributed by atoms with Gasteiger partial charge in [0.1, 0.15) is 0 Å². The summed E-state index contributed by atoms with van der Waals surface area (Å²) in [5, 5.41) is 6.40. The Kier molecular flexibility index (Phi) is 11.0. The summed E-state index contributed by atoms with van der Waals surface area (Å²) in [5.41, 5.74) is 3.56. The highest BCUT2D eigenvalue weighted by Gasteiger charge is 2.13. The molecule has 8 heteroatoms. The molecule has 0 radical (unpaired) electrons. The summed E-state index contributed by atoms with van der Waals surface area (Å²) in [6, 6.07) is 21.0. The highest BCUT2D eigenvalue weighted by Crippen LogP contribution is 2.29. The number of halogens is 1. The van der Waals surface area contributed by atoms with Gasteiger partial charge in [0.15, 0.2) is 6.61 Å². The average molecular weight is 539 g/mol. The quantitative estimate of drug-likeness (QED) is 0.245. The number of esters is 1. The van der Waals surface area contributed by atoms with Crippen molar-refractivity contribution in [1.29, 1.82) is 0 Å². The minimum absolute atomic E-state index is 0.0587. The summed E-state index contributed by atoms with van der Waals surface area (Å²) < 4.78 is 5.10. The van der Waals surface area contributed by atoms with Gasteiger partial charge in [0, 0.05) is 39.0 Å². The molecule has 3 aromatic carbocycles. The smallest absolute Gasteiger partial charge is 0.306 e. The van der Waals surface area contributed by atoms with Crippen molar-refractivity contribution < 1.29 is 19.1 Å². The molecule has 37 heavy (non-hydrogen) atoms. The largest absolute Gasteiger partial charge is 0.456 e. The third-order valence-electron chi connectivity index (χ3n) is 5.60. The number of amides is 2. The number of hydrogen-bond donors (Lipinski definition) is 2. The Morgan fingerprint density at radius 2 is 1.38 bits per heavy atom. The van der Waals surface area contributed by atoms with E-state index in [1.54, 1.807) is 11.8 Å². The highest BCUT2D eigenvalue weighted by molar-refractivity contribution is 7.99. The zero-order valence-corrected chi connectivity index (χ0v) is 22.6. The number of aryl methyl sites for hydroxylation is 2. The highest BCUT2D eigenvalue weighted by atomic mass is 35.5. The molecule has 3 aromatic rings. The lowest BCUT2D eigenvalue weighted by atomic mass is 10.0. The van der Waals surface area contributed by atoms with E-state index in [-0.39, 0.29) is 31.3 Å². The van der Waals surface area contributed by atoms with Crippen molar-refractivity contribution in [3.8, 4) is 0 Å². The maximum Gasteiger partial charge on any atom is 0.306 e. The predicted molar refractivity (Wildman–Crippen MR) is 149 cm³/mol. The van der Waals surface area contributed by atoms with Crippen LogP contribution in [-0.2, 0) is 32.0 Å². The van der Waals surface area contributed by atoms with Crippen molar-refractivity contribution in [2.45, 2.75) is 55.7 Å². The molecule has 2 N–H and O–H groups in total. The Labute approximate surface area is 227 Å². The Hall–Kier alpha value is -3.29. The molecule has 0 unspecified atom stereocenters. The number of carbonyl (C=O) groups is 3. The van der Waals surface area contributed by atoms with Gasteiger partial charge in [-0.2, -0.15) is 0 Å². The van der Waals surface area contributed by atoms with E-state index in [0.29, 0.717) is 17.1 Å². The zero-order chi connectivity index (χ0) is 26.6. The van der Waals surface area contributed by atoms with E-state index in [9.17, 15) is 14.4 Å². The van der Waals surface area contributed by atoms with E-state index in [2.05, 4.69) is 10.6 Å². The van der Waals surface area contributed by atoms with Gasteiger partial charge >= 0.3 is 5.97 Å². The van der Waals surface area contributed by atoms with Crippen molar-refractivity contribution >= 4 is 52.5 Å². The lowest BCUT2D eigenvalue weighted by Gasteiger charge is -2.14. The summed E-state index contributed by atoms with van der Waals surface area (Å²) in [5.74, 6) is -1.07. The van der Waals surface area contributed by atoms with Gasteiger partial charge < -0.3 is 15.4 Å². The van der Waals surface area contributed by atoms with Crippen molar-refractivity contribution in [2.75, 3.05) is 17.2 Å². The molecule has 0 aliphatic rings. The summed E-state index contributed by atoms with van der Waals surface area (Å²) in [6.45, 7) is 3.70. The van der Waals surface area contributed by atoms with Crippen LogP contribution in [0.1, 0.15) is 44.2 Å². The second-order valence-corrected chi connectivity index (χ2v) is 9.93. The van der Waals surface area contributed by atoms with Crippen LogP contribution in [0.2, 0.25) is 5.02 Å². The second-order valence-electron chi connectivity index (χ2n) is 8.35. The molecule has 0 fully saturated rings. The van der Waals surface area contributed by atoms with E-state index < -0.39 is 5.97 Å². The SMILES string of the molecule is CCc1cccc(CC)c1NC(=O)COC(=O)CCCC(=O)Nc1ccc(Sc2ccc(Cl)cc2)cc1. The fourth-order valence-corrected chi connectivity index (χ4v) is 4.60. The molecule has 2 amide bonds. The van der Waals surface area contributed by atoms with Crippen molar-refractivity contribution in [2.24, 2.45) is 0 Å². The maximum atomic E-state index is 12.3. The zero-order valence-electron chi connectivity index (χ0n) is 21.0. The molecule has 194 valence electrons. The Balaban J connectivity index is 1.36. The number of rotatable bonds is 12. The van der Waals surface area contributed by atoms with Crippen molar-refractivity contribution in [3.05, 3.63) is 82.9 Å². The Bertz CT molecular complexity index is 1190. The van der Waals surface area contributed by atoms with Gasteiger partial charge in [-0.3, -0.25) is 14.4 Å². The molecule has 6 nitrogen and oxygen atoms in total. The lowest BCUT2D eigenvalue weighted by Crippen LogP contribution is -2.22. The molecular weight excluding hydrogens is 508 g/mol. The normalized spacial score (nSPS) is 10.6. The standard InChI is InChI=1S/C29H31ClN2O4S/c1-3-20-7-5-8-21(4-2)29(20)32-27(34)19-36-28(35)10-6-9-26(33)31-23-13-17-25(18-14-23)37-24-15-11-22(30)12-16-24/h5,7-8,11-18H,3-4,6,9-10,19H2,1-2H3,(H,31,33)(H,32,34). The van der Waals surface area contributed by atoms with Crippen LogP contribution >= 0.6 is 23.4 Å². The summed E-state index contributed by atoms with van der Waals surface area (Å²) >= 11 is 7.52. The number of carbonyl (C=O) groups excluding carboxylic acids is 3. The molecule has 3 rings (SSSR count). The van der Waals surface area contributed by atoms with E-state index in [1.807, 2.05) is 80.6 Å². The molecule has 0 saturated heterocycles. The van der Waals surface area contributed by atoms with Gasteiger partial charge in [-0.25, -0.2) is 0 Å². The van der Waals surface area contributed by atoms with Gasteiger partial charge in [0.2, 0.25) is 5.91 Å². The van der Waals surface area contributed by atoms with Crippen LogP contribution in [0.15, 0.2) is 76.5 Å². The molecule has 0 spiro atoms. The van der Waals surface area contributed by atoms with Crippen molar-refractivity contribution in [3.63, 3.8) is 0 Å². The monoisotopic (exact) mass is 538 g/mol. The Morgan fingerprint density at radius 3 is 1.97 bits per heavy atom. The van der Waals surface area contributed by atoms with E-state index >= 15 is 0 Å². The van der Waals surface area contributed by atoms with Crippen LogP contribution in [0.3, 0.4) is 0 Å². The van der Waals surface area contributed by atoms with Gasteiger partial charge in [0.25, 0.3) is 5.91 Å². The van der Waals surface area contributed by atoms with Crippen LogP contribution < -0.4 is 10.6 Å². The fraction of sp³-hybridized carbons (Fsp3) is 0.276.